The first-order valence-corrected chi connectivity index (χ1v) is 11.0. The number of hydrogen-bond acceptors (Lipinski definition) is 6. The minimum Gasteiger partial charge on any atom is -0.341 e. The van der Waals surface area contributed by atoms with Gasteiger partial charge in [0.15, 0.2) is 10.6 Å². The van der Waals surface area contributed by atoms with E-state index in [1.54, 1.807) is 34.2 Å². The van der Waals surface area contributed by atoms with Crippen LogP contribution in [0, 0.1) is 10.7 Å². The Hall–Kier alpha value is -2.85. The van der Waals surface area contributed by atoms with Crippen LogP contribution in [-0.2, 0) is 9.59 Å². The maximum Gasteiger partial charge on any atom is 0.245 e. The van der Waals surface area contributed by atoms with Gasteiger partial charge in [0.2, 0.25) is 11.8 Å². The summed E-state index contributed by atoms with van der Waals surface area (Å²) in [6.45, 7) is 2.90. The second-order valence-electron chi connectivity index (χ2n) is 7.18. The van der Waals surface area contributed by atoms with Crippen LogP contribution in [0.3, 0.4) is 0 Å². The summed E-state index contributed by atoms with van der Waals surface area (Å²) in [5.41, 5.74) is 0. The van der Waals surface area contributed by atoms with Gasteiger partial charge in [-0.25, -0.2) is 4.98 Å². The first-order chi connectivity index (χ1) is 14.5. The van der Waals surface area contributed by atoms with E-state index in [0.717, 1.165) is 4.88 Å². The van der Waals surface area contributed by atoms with Crippen LogP contribution in [0.4, 0.5) is 5.82 Å². The Morgan fingerprint density at radius 3 is 2.73 bits per heavy atom. The normalized spacial score (nSPS) is 15.7. The van der Waals surface area contributed by atoms with Gasteiger partial charge in [-0.15, -0.1) is 11.3 Å². The monoisotopic (exact) mass is 442 g/mol. The molecule has 4 heterocycles. The maximum absolute atomic E-state index is 13.1. The van der Waals surface area contributed by atoms with E-state index in [4.69, 9.17) is 12.2 Å². The minimum absolute atomic E-state index is 0.0195. The number of nitrogens with zero attached hydrogens (tertiary/aromatic N) is 4. The van der Waals surface area contributed by atoms with Crippen molar-refractivity contribution in [2.24, 2.45) is 5.92 Å². The molecular weight excluding hydrogens is 420 g/mol. The number of piperidine rings is 1. The third kappa shape index (κ3) is 4.19. The lowest BCUT2D eigenvalue weighted by Gasteiger charge is -2.33. The maximum atomic E-state index is 13.1. The summed E-state index contributed by atoms with van der Waals surface area (Å²) >= 11 is 6.93. The number of carbonyl (C=O) groups is 2. The smallest absolute Gasteiger partial charge is 0.245 e. The summed E-state index contributed by atoms with van der Waals surface area (Å²) in [7, 11) is 0. The molecule has 0 aromatic carbocycles. The highest BCUT2D eigenvalue weighted by Crippen LogP contribution is 2.27. The summed E-state index contributed by atoms with van der Waals surface area (Å²) < 4.78 is 2.19. The summed E-state index contributed by atoms with van der Waals surface area (Å²) in [5.74, 6) is 1.01. The minimum atomic E-state index is -0.479. The first-order valence-electron chi connectivity index (χ1n) is 9.76. The largest absolute Gasteiger partial charge is 0.341 e. The van der Waals surface area contributed by atoms with E-state index in [-0.39, 0.29) is 17.7 Å². The fraction of sp³-hybridized carbons (Fsp3) is 0.350. The SMILES string of the molecule is CC(C(=O)N1CCC(C(=O)Nc2ccccn2)CC1)n1c(-c2cccs2)n[nH]c1=S. The zero-order valence-corrected chi connectivity index (χ0v) is 18.1. The molecule has 0 radical (unpaired) electrons. The number of pyridine rings is 1. The summed E-state index contributed by atoms with van der Waals surface area (Å²) in [6.07, 6.45) is 2.88. The third-order valence-electron chi connectivity index (χ3n) is 5.28. The molecule has 0 spiro atoms. The Labute approximate surface area is 183 Å². The van der Waals surface area contributed by atoms with E-state index in [2.05, 4.69) is 20.5 Å². The van der Waals surface area contributed by atoms with Crippen LogP contribution in [-0.4, -0.2) is 49.6 Å². The number of likely N-dealkylation sites (tertiary alicyclic amines) is 1. The number of hydrogen-bond donors (Lipinski definition) is 2. The molecule has 1 aliphatic heterocycles. The Morgan fingerprint density at radius 1 is 1.27 bits per heavy atom. The summed E-state index contributed by atoms with van der Waals surface area (Å²) in [4.78, 5) is 32.5. The Bertz CT molecular complexity index is 1070. The lowest BCUT2D eigenvalue weighted by Crippen LogP contribution is -2.44. The van der Waals surface area contributed by atoms with Crippen molar-refractivity contribution < 1.29 is 9.59 Å². The van der Waals surface area contributed by atoms with Crippen molar-refractivity contribution in [2.45, 2.75) is 25.8 Å². The summed E-state index contributed by atoms with van der Waals surface area (Å²) in [5, 5.41) is 11.9. The van der Waals surface area contributed by atoms with Gasteiger partial charge in [0.05, 0.1) is 4.88 Å². The molecule has 0 bridgehead atoms. The fourth-order valence-corrected chi connectivity index (χ4v) is 4.65. The van der Waals surface area contributed by atoms with Crippen molar-refractivity contribution in [2.75, 3.05) is 18.4 Å². The van der Waals surface area contributed by atoms with Gasteiger partial charge < -0.3 is 10.2 Å². The van der Waals surface area contributed by atoms with E-state index >= 15 is 0 Å². The fourth-order valence-electron chi connectivity index (χ4n) is 3.65. The molecule has 2 amide bonds. The number of thiophene rings is 1. The number of aromatic nitrogens is 4. The van der Waals surface area contributed by atoms with Crippen molar-refractivity contribution in [3.63, 3.8) is 0 Å². The molecule has 1 saturated heterocycles. The second kappa shape index (κ2) is 8.88. The molecule has 4 rings (SSSR count). The van der Waals surface area contributed by atoms with Crippen LogP contribution in [0.15, 0.2) is 41.9 Å². The van der Waals surface area contributed by atoms with Crippen molar-refractivity contribution in [1.29, 1.82) is 0 Å². The van der Waals surface area contributed by atoms with E-state index in [9.17, 15) is 9.59 Å². The van der Waals surface area contributed by atoms with Gasteiger partial charge in [-0.05, 0) is 55.6 Å². The zero-order valence-electron chi connectivity index (χ0n) is 16.4. The van der Waals surface area contributed by atoms with Crippen LogP contribution in [0.2, 0.25) is 0 Å². The number of amides is 2. The van der Waals surface area contributed by atoms with Crippen LogP contribution in [0.25, 0.3) is 10.7 Å². The van der Waals surface area contributed by atoms with E-state index in [0.29, 0.717) is 42.3 Å². The van der Waals surface area contributed by atoms with Gasteiger partial charge in [-0.1, -0.05) is 12.1 Å². The van der Waals surface area contributed by atoms with Crippen LogP contribution in [0.1, 0.15) is 25.8 Å². The van der Waals surface area contributed by atoms with Crippen LogP contribution < -0.4 is 5.32 Å². The second-order valence-corrected chi connectivity index (χ2v) is 8.51. The molecule has 8 nitrogen and oxygen atoms in total. The van der Waals surface area contributed by atoms with Gasteiger partial charge in [0.25, 0.3) is 0 Å². The molecule has 3 aromatic heterocycles. The molecule has 1 aliphatic rings. The quantitative estimate of drug-likeness (QED) is 0.590. The number of aromatic amines is 1. The number of H-pyrrole nitrogens is 1. The van der Waals surface area contributed by atoms with E-state index in [1.807, 2.05) is 35.4 Å². The average Bonchev–Trinajstić information content (AvgIpc) is 3.43. The molecule has 30 heavy (non-hydrogen) atoms. The lowest BCUT2D eigenvalue weighted by atomic mass is 9.95. The number of nitrogens with one attached hydrogen (secondary N) is 2. The molecule has 10 heteroatoms. The van der Waals surface area contributed by atoms with Crippen molar-refractivity contribution in [3.8, 4) is 10.7 Å². The standard InChI is InChI=1S/C20H22N6O2S2/c1-13(26-17(23-24-20(26)29)15-5-4-12-30-15)19(28)25-10-7-14(8-11-25)18(27)22-16-6-2-3-9-21-16/h2-6,9,12-14H,7-8,10-11H2,1H3,(H,24,29)(H,21,22,27). The van der Waals surface area contributed by atoms with E-state index in [1.165, 1.54) is 0 Å². The predicted molar refractivity (Wildman–Crippen MR) is 118 cm³/mol. The molecule has 3 aromatic rings. The van der Waals surface area contributed by atoms with Crippen molar-refractivity contribution in [3.05, 3.63) is 46.7 Å². The van der Waals surface area contributed by atoms with Crippen LogP contribution in [0.5, 0.6) is 0 Å². The molecule has 2 N–H and O–H groups in total. The molecule has 0 aliphatic carbocycles. The topological polar surface area (TPSA) is 95.9 Å². The lowest BCUT2D eigenvalue weighted by molar-refractivity contribution is -0.137. The van der Waals surface area contributed by atoms with Crippen LogP contribution >= 0.6 is 23.6 Å². The van der Waals surface area contributed by atoms with Crippen molar-refractivity contribution >= 4 is 41.2 Å². The molecule has 156 valence electrons. The van der Waals surface area contributed by atoms with Gasteiger partial charge in [0.1, 0.15) is 11.9 Å². The third-order valence-corrected chi connectivity index (χ3v) is 6.44. The highest BCUT2D eigenvalue weighted by atomic mass is 32.1. The van der Waals surface area contributed by atoms with Gasteiger partial charge >= 0.3 is 0 Å². The Kier molecular flexibility index (Phi) is 6.05. The highest BCUT2D eigenvalue weighted by molar-refractivity contribution is 7.71. The van der Waals surface area contributed by atoms with E-state index < -0.39 is 6.04 Å². The zero-order chi connectivity index (χ0) is 21.1. The first kappa shape index (κ1) is 20.4. The molecule has 1 unspecified atom stereocenters. The number of anilines is 1. The molecule has 1 fully saturated rings. The van der Waals surface area contributed by atoms with Gasteiger partial charge in [-0.2, -0.15) is 5.10 Å². The molecular formula is C20H22N6O2S2. The predicted octanol–water partition coefficient (Wildman–Crippen LogP) is 3.50. The Balaban J connectivity index is 1.40. The Morgan fingerprint density at radius 2 is 2.07 bits per heavy atom. The number of rotatable bonds is 5. The molecule has 1 atom stereocenters. The van der Waals surface area contributed by atoms with Gasteiger partial charge in [0, 0.05) is 25.2 Å². The average molecular weight is 443 g/mol. The van der Waals surface area contributed by atoms with Gasteiger partial charge in [-0.3, -0.25) is 19.3 Å². The van der Waals surface area contributed by atoms with Crippen molar-refractivity contribution in [1.82, 2.24) is 24.6 Å². The summed E-state index contributed by atoms with van der Waals surface area (Å²) in [6, 6.07) is 8.81. The highest BCUT2D eigenvalue weighted by Gasteiger charge is 2.31. The number of carbonyl (C=O) groups excluding carboxylic acids is 2. The molecule has 0 saturated carbocycles.